The van der Waals surface area contributed by atoms with Gasteiger partial charge in [-0.1, -0.05) is 54.4 Å². The predicted molar refractivity (Wildman–Crippen MR) is 88.0 cm³/mol. The third-order valence-electron chi connectivity index (χ3n) is 5.87. The minimum atomic E-state index is -0.411. The summed E-state index contributed by atoms with van der Waals surface area (Å²) >= 11 is 0. The number of hydrogen-bond donors (Lipinski definition) is 1. The zero-order valence-corrected chi connectivity index (χ0v) is 15.0. The first-order valence-electron chi connectivity index (χ1n) is 8.73. The molecule has 0 aromatic carbocycles. The summed E-state index contributed by atoms with van der Waals surface area (Å²) in [5.74, 6) is 0.706. The Morgan fingerprint density at radius 2 is 1.30 bits per heavy atom. The van der Waals surface area contributed by atoms with Crippen molar-refractivity contribution in [1.82, 2.24) is 0 Å². The molecule has 1 N–H and O–H groups in total. The summed E-state index contributed by atoms with van der Waals surface area (Å²) in [5.41, 5.74) is -0.115. The van der Waals surface area contributed by atoms with Gasteiger partial charge in [0.25, 0.3) is 0 Å². The lowest BCUT2D eigenvalue weighted by Gasteiger charge is -2.43. The van der Waals surface area contributed by atoms with E-state index in [1.54, 1.807) is 0 Å². The molecule has 0 fully saturated rings. The van der Waals surface area contributed by atoms with E-state index in [2.05, 4.69) is 41.5 Å². The molecule has 0 aliphatic heterocycles. The topological polar surface area (TPSA) is 29.5 Å². The molecule has 0 bridgehead atoms. The maximum atomic E-state index is 10.1. The van der Waals surface area contributed by atoms with Gasteiger partial charge in [0.15, 0.2) is 0 Å². The molecular weight excluding hydrogens is 248 g/mol. The number of hydrogen-bond acceptors (Lipinski definition) is 2. The number of rotatable bonds is 11. The van der Waals surface area contributed by atoms with Gasteiger partial charge in [0.1, 0.15) is 0 Å². The molecule has 1 unspecified atom stereocenters. The van der Waals surface area contributed by atoms with Gasteiger partial charge >= 0.3 is 0 Å². The van der Waals surface area contributed by atoms with Crippen molar-refractivity contribution in [3.8, 4) is 0 Å². The Kier molecular flexibility index (Phi) is 9.01. The molecule has 1 atom stereocenters. The lowest BCUT2D eigenvalue weighted by molar-refractivity contribution is -0.155. The van der Waals surface area contributed by atoms with Crippen molar-refractivity contribution in [3.05, 3.63) is 0 Å². The lowest BCUT2D eigenvalue weighted by Crippen LogP contribution is -2.46. The average Bonchev–Trinajstić information content (AvgIpc) is 2.47. The highest BCUT2D eigenvalue weighted by Crippen LogP contribution is 2.41. The van der Waals surface area contributed by atoms with Crippen LogP contribution >= 0.6 is 0 Å². The summed E-state index contributed by atoms with van der Waals surface area (Å²) in [4.78, 5) is 0. The lowest BCUT2D eigenvalue weighted by atomic mass is 9.69. The second kappa shape index (κ2) is 9.04. The SMILES string of the molecule is CCC(CC)C(CC)(CC)COC(CC)(CC)C(C)O. The Morgan fingerprint density at radius 3 is 1.55 bits per heavy atom. The summed E-state index contributed by atoms with van der Waals surface area (Å²) in [6, 6.07) is 0. The first-order chi connectivity index (χ1) is 9.41. The second-order valence-electron chi connectivity index (χ2n) is 6.32. The maximum Gasteiger partial charge on any atom is 0.0932 e. The highest BCUT2D eigenvalue weighted by Gasteiger charge is 2.39. The van der Waals surface area contributed by atoms with E-state index < -0.39 is 6.10 Å². The minimum Gasteiger partial charge on any atom is -0.390 e. The number of aliphatic hydroxyl groups is 1. The van der Waals surface area contributed by atoms with E-state index in [-0.39, 0.29) is 11.0 Å². The van der Waals surface area contributed by atoms with Gasteiger partial charge in [-0.3, -0.25) is 0 Å². The monoisotopic (exact) mass is 286 g/mol. The highest BCUT2D eigenvalue weighted by molar-refractivity contribution is 4.88. The third-order valence-corrected chi connectivity index (χ3v) is 5.87. The largest absolute Gasteiger partial charge is 0.390 e. The van der Waals surface area contributed by atoms with E-state index in [1.807, 2.05) is 6.92 Å². The van der Waals surface area contributed by atoms with Crippen LogP contribution in [0.5, 0.6) is 0 Å². The molecule has 0 rings (SSSR count). The first kappa shape index (κ1) is 19.9. The van der Waals surface area contributed by atoms with Crippen LogP contribution in [-0.2, 0) is 4.74 Å². The summed E-state index contributed by atoms with van der Waals surface area (Å²) in [5, 5.41) is 10.1. The fourth-order valence-corrected chi connectivity index (χ4v) is 3.76. The molecule has 0 radical (unpaired) electrons. The van der Waals surface area contributed by atoms with Crippen molar-refractivity contribution in [2.45, 2.75) is 98.7 Å². The van der Waals surface area contributed by atoms with E-state index in [1.165, 1.54) is 12.8 Å². The Bertz CT molecular complexity index is 236. The van der Waals surface area contributed by atoms with Crippen molar-refractivity contribution in [3.63, 3.8) is 0 Å². The number of aliphatic hydroxyl groups excluding tert-OH is 1. The molecule has 2 heteroatoms. The van der Waals surface area contributed by atoms with Crippen LogP contribution < -0.4 is 0 Å². The molecule has 0 amide bonds. The third kappa shape index (κ3) is 4.21. The molecular formula is C18H38O2. The molecule has 0 aromatic heterocycles. The van der Waals surface area contributed by atoms with Crippen molar-refractivity contribution in [2.75, 3.05) is 6.61 Å². The molecule has 0 spiro atoms. The van der Waals surface area contributed by atoms with Crippen molar-refractivity contribution < 1.29 is 9.84 Å². The smallest absolute Gasteiger partial charge is 0.0932 e. The van der Waals surface area contributed by atoms with Gasteiger partial charge in [-0.2, -0.15) is 0 Å². The Morgan fingerprint density at radius 1 is 0.850 bits per heavy atom. The molecule has 2 nitrogen and oxygen atoms in total. The maximum absolute atomic E-state index is 10.1. The summed E-state index contributed by atoms with van der Waals surface area (Å²) in [6.45, 7) is 16.0. The normalized spacial score (nSPS) is 14.8. The first-order valence-corrected chi connectivity index (χ1v) is 8.73. The van der Waals surface area contributed by atoms with Crippen molar-refractivity contribution in [1.29, 1.82) is 0 Å². The van der Waals surface area contributed by atoms with Crippen LogP contribution in [0, 0.1) is 11.3 Å². The van der Waals surface area contributed by atoms with Crippen LogP contribution in [0.3, 0.4) is 0 Å². The molecule has 0 saturated heterocycles. The van der Waals surface area contributed by atoms with Gasteiger partial charge in [-0.25, -0.2) is 0 Å². The van der Waals surface area contributed by atoms with Crippen LogP contribution in [0.1, 0.15) is 87.0 Å². The molecule has 20 heavy (non-hydrogen) atoms. The summed E-state index contributed by atoms with van der Waals surface area (Å²) in [7, 11) is 0. The summed E-state index contributed by atoms with van der Waals surface area (Å²) in [6.07, 6.45) is 6.05. The fraction of sp³-hybridized carbons (Fsp3) is 1.00. The molecule has 0 saturated carbocycles. The molecule has 0 aliphatic rings. The average molecular weight is 286 g/mol. The van der Waals surface area contributed by atoms with Crippen LogP contribution in [0.25, 0.3) is 0 Å². The standard InChI is InChI=1S/C18H38O2/c1-8-16(9-2)17(10-3,11-4)14-20-18(12-5,13-6)15(7)19/h15-16,19H,8-14H2,1-7H3. The highest BCUT2D eigenvalue weighted by atomic mass is 16.5. The van der Waals surface area contributed by atoms with E-state index in [0.29, 0.717) is 5.92 Å². The van der Waals surface area contributed by atoms with Crippen molar-refractivity contribution >= 4 is 0 Å². The minimum absolute atomic E-state index is 0.258. The van der Waals surface area contributed by atoms with Gasteiger partial charge in [0, 0.05) is 0 Å². The Labute approximate surface area is 127 Å². The van der Waals surface area contributed by atoms with Gasteiger partial charge in [-0.05, 0) is 43.9 Å². The van der Waals surface area contributed by atoms with Crippen LogP contribution in [-0.4, -0.2) is 23.4 Å². The second-order valence-corrected chi connectivity index (χ2v) is 6.32. The van der Waals surface area contributed by atoms with Gasteiger partial charge in [0.2, 0.25) is 0 Å². The van der Waals surface area contributed by atoms with Gasteiger partial charge in [0.05, 0.1) is 18.3 Å². The Balaban J connectivity index is 5.09. The zero-order chi connectivity index (χ0) is 15.8. The Hall–Kier alpha value is -0.0800. The quantitative estimate of drug-likeness (QED) is 0.566. The van der Waals surface area contributed by atoms with E-state index in [9.17, 15) is 5.11 Å². The van der Waals surface area contributed by atoms with E-state index in [4.69, 9.17) is 4.74 Å². The van der Waals surface area contributed by atoms with Crippen LogP contribution in [0.15, 0.2) is 0 Å². The number of ether oxygens (including phenoxy) is 1. The summed E-state index contributed by atoms with van der Waals surface area (Å²) < 4.78 is 6.37. The van der Waals surface area contributed by atoms with E-state index in [0.717, 1.165) is 32.3 Å². The van der Waals surface area contributed by atoms with Gasteiger partial charge < -0.3 is 9.84 Å². The van der Waals surface area contributed by atoms with Crippen LogP contribution in [0.2, 0.25) is 0 Å². The fourth-order valence-electron chi connectivity index (χ4n) is 3.76. The zero-order valence-electron chi connectivity index (χ0n) is 15.0. The van der Waals surface area contributed by atoms with E-state index >= 15 is 0 Å². The molecule has 0 aliphatic carbocycles. The van der Waals surface area contributed by atoms with Crippen LogP contribution in [0.4, 0.5) is 0 Å². The van der Waals surface area contributed by atoms with Crippen molar-refractivity contribution in [2.24, 2.45) is 11.3 Å². The molecule has 0 aromatic rings. The van der Waals surface area contributed by atoms with Gasteiger partial charge in [-0.15, -0.1) is 0 Å². The molecule has 0 heterocycles. The molecule has 122 valence electrons. The predicted octanol–water partition coefficient (Wildman–Crippen LogP) is 5.19.